The summed E-state index contributed by atoms with van der Waals surface area (Å²) in [5.74, 6) is 2.55. The molecule has 0 amide bonds. The number of nitrogens with one attached hydrogen (secondary N) is 1. The minimum atomic E-state index is 0.104. The van der Waals surface area contributed by atoms with E-state index in [1.165, 1.54) is 51.4 Å². The first kappa shape index (κ1) is 16.3. The van der Waals surface area contributed by atoms with Crippen molar-refractivity contribution >= 4 is 0 Å². The van der Waals surface area contributed by atoms with Gasteiger partial charge in [-0.1, -0.05) is 39.5 Å². The van der Waals surface area contributed by atoms with Crippen LogP contribution in [0.2, 0.25) is 0 Å². The van der Waals surface area contributed by atoms with E-state index in [0.29, 0.717) is 6.04 Å². The van der Waals surface area contributed by atoms with Crippen molar-refractivity contribution < 1.29 is 4.74 Å². The molecule has 20 heavy (non-hydrogen) atoms. The Balaban J connectivity index is 2.12. The molecule has 1 N–H and O–H groups in total. The standard InChI is InChI=1S/C18H35NO/c1-5-20-18(12-6-7-15(3)13-18)17(19-4)16-10-8-14(2)9-11-16/h14-17,19H,5-13H2,1-4H3. The summed E-state index contributed by atoms with van der Waals surface area (Å²) in [6.07, 6.45) is 10.8. The van der Waals surface area contributed by atoms with E-state index in [2.05, 4.69) is 33.1 Å². The molecule has 2 aliphatic rings. The highest BCUT2D eigenvalue weighted by Gasteiger charge is 2.45. The molecule has 0 spiro atoms. The molecule has 0 aromatic rings. The lowest BCUT2D eigenvalue weighted by Gasteiger charge is -2.49. The third-order valence-electron chi connectivity index (χ3n) is 5.83. The largest absolute Gasteiger partial charge is 0.374 e. The zero-order valence-electron chi connectivity index (χ0n) is 14.1. The van der Waals surface area contributed by atoms with Crippen LogP contribution in [0, 0.1) is 17.8 Å². The van der Waals surface area contributed by atoms with Crippen molar-refractivity contribution in [1.82, 2.24) is 5.32 Å². The van der Waals surface area contributed by atoms with E-state index in [1.807, 2.05) is 0 Å². The maximum Gasteiger partial charge on any atom is 0.0839 e. The van der Waals surface area contributed by atoms with Gasteiger partial charge in [-0.3, -0.25) is 0 Å². The number of hydrogen-bond donors (Lipinski definition) is 1. The molecular weight excluding hydrogens is 246 g/mol. The molecule has 0 saturated heterocycles. The van der Waals surface area contributed by atoms with Gasteiger partial charge in [0.1, 0.15) is 0 Å². The van der Waals surface area contributed by atoms with E-state index in [1.54, 1.807) is 0 Å². The SMILES string of the molecule is CCOC1(C(NC)C2CCC(C)CC2)CCCC(C)C1. The van der Waals surface area contributed by atoms with Crippen molar-refractivity contribution in [3.63, 3.8) is 0 Å². The van der Waals surface area contributed by atoms with Gasteiger partial charge in [0.25, 0.3) is 0 Å². The summed E-state index contributed by atoms with van der Waals surface area (Å²) in [7, 11) is 2.16. The number of likely N-dealkylation sites (N-methyl/N-ethyl adjacent to an activating group) is 1. The van der Waals surface area contributed by atoms with Crippen molar-refractivity contribution in [2.24, 2.45) is 17.8 Å². The number of ether oxygens (including phenoxy) is 1. The summed E-state index contributed by atoms with van der Waals surface area (Å²) in [5.41, 5.74) is 0.104. The van der Waals surface area contributed by atoms with Crippen molar-refractivity contribution in [3.05, 3.63) is 0 Å². The van der Waals surface area contributed by atoms with Crippen LogP contribution in [0.25, 0.3) is 0 Å². The zero-order valence-corrected chi connectivity index (χ0v) is 14.1. The molecule has 118 valence electrons. The molecule has 0 bridgehead atoms. The molecule has 0 aromatic heterocycles. The minimum absolute atomic E-state index is 0.104. The fraction of sp³-hybridized carbons (Fsp3) is 1.00. The van der Waals surface area contributed by atoms with Gasteiger partial charge in [-0.2, -0.15) is 0 Å². The highest BCUT2D eigenvalue weighted by molar-refractivity contribution is 5.00. The lowest BCUT2D eigenvalue weighted by atomic mass is 9.67. The van der Waals surface area contributed by atoms with Gasteiger partial charge < -0.3 is 10.1 Å². The molecule has 3 atom stereocenters. The molecular formula is C18H35NO. The molecule has 2 aliphatic carbocycles. The van der Waals surface area contributed by atoms with Crippen LogP contribution in [0.15, 0.2) is 0 Å². The summed E-state index contributed by atoms with van der Waals surface area (Å²) in [4.78, 5) is 0. The van der Waals surface area contributed by atoms with Gasteiger partial charge >= 0.3 is 0 Å². The van der Waals surface area contributed by atoms with Crippen LogP contribution in [-0.2, 0) is 4.74 Å². The Labute approximate surface area is 126 Å². The van der Waals surface area contributed by atoms with Gasteiger partial charge in [0, 0.05) is 12.6 Å². The molecule has 0 heterocycles. The molecule has 2 saturated carbocycles. The Kier molecular flexibility index (Phi) is 5.92. The van der Waals surface area contributed by atoms with Crippen LogP contribution >= 0.6 is 0 Å². The van der Waals surface area contributed by atoms with Gasteiger partial charge in [-0.15, -0.1) is 0 Å². The smallest absolute Gasteiger partial charge is 0.0839 e. The Bertz CT molecular complexity index is 281. The second-order valence-corrected chi connectivity index (χ2v) is 7.49. The predicted octanol–water partition coefficient (Wildman–Crippen LogP) is 4.39. The van der Waals surface area contributed by atoms with Crippen LogP contribution in [-0.4, -0.2) is 25.3 Å². The van der Waals surface area contributed by atoms with Gasteiger partial charge in [0.05, 0.1) is 5.60 Å². The Morgan fingerprint density at radius 3 is 2.35 bits per heavy atom. The summed E-state index contributed by atoms with van der Waals surface area (Å²) < 4.78 is 6.41. The molecule has 0 aliphatic heterocycles. The van der Waals surface area contributed by atoms with E-state index < -0.39 is 0 Å². The quantitative estimate of drug-likeness (QED) is 0.807. The van der Waals surface area contributed by atoms with Crippen LogP contribution in [0.4, 0.5) is 0 Å². The molecule has 0 radical (unpaired) electrons. The average molecular weight is 281 g/mol. The molecule has 3 unspecified atom stereocenters. The summed E-state index contributed by atoms with van der Waals surface area (Å²) >= 11 is 0. The monoisotopic (exact) mass is 281 g/mol. The van der Waals surface area contributed by atoms with Crippen LogP contribution in [0.3, 0.4) is 0 Å². The van der Waals surface area contributed by atoms with Gasteiger partial charge in [0.15, 0.2) is 0 Å². The maximum atomic E-state index is 6.41. The Morgan fingerprint density at radius 1 is 1.10 bits per heavy atom. The van der Waals surface area contributed by atoms with Crippen molar-refractivity contribution in [2.45, 2.75) is 83.8 Å². The lowest BCUT2D eigenvalue weighted by molar-refractivity contribution is -0.114. The average Bonchev–Trinajstić information content (AvgIpc) is 2.42. The molecule has 0 aromatic carbocycles. The highest BCUT2D eigenvalue weighted by atomic mass is 16.5. The summed E-state index contributed by atoms with van der Waals surface area (Å²) in [6.45, 7) is 7.83. The van der Waals surface area contributed by atoms with E-state index in [4.69, 9.17) is 4.74 Å². The Morgan fingerprint density at radius 2 is 1.80 bits per heavy atom. The van der Waals surface area contributed by atoms with Crippen molar-refractivity contribution in [1.29, 1.82) is 0 Å². The van der Waals surface area contributed by atoms with E-state index in [0.717, 1.165) is 24.4 Å². The molecule has 2 rings (SSSR count). The molecule has 2 heteroatoms. The summed E-state index contributed by atoms with van der Waals surface area (Å²) in [5, 5.41) is 3.68. The highest BCUT2D eigenvalue weighted by Crippen LogP contribution is 2.43. The minimum Gasteiger partial charge on any atom is -0.374 e. The third-order valence-corrected chi connectivity index (χ3v) is 5.83. The van der Waals surface area contributed by atoms with Crippen molar-refractivity contribution in [2.75, 3.05) is 13.7 Å². The predicted molar refractivity (Wildman–Crippen MR) is 86.0 cm³/mol. The van der Waals surface area contributed by atoms with Gasteiger partial charge in [-0.25, -0.2) is 0 Å². The van der Waals surface area contributed by atoms with Gasteiger partial charge in [-0.05, 0) is 57.4 Å². The summed E-state index contributed by atoms with van der Waals surface area (Å²) in [6, 6.07) is 0.553. The molecule has 2 fully saturated rings. The second kappa shape index (κ2) is 7.26. The fourth-order valence-corrected chi connectivity index (χ4v) is 4.88. The maximum absolute atomic E-state index is 6.41. The van der Waals surface area contributed by atoms with Gasteiger partial charge in [0.2, 0.25) is 0 Å². The lowest BCUT2D eigenvalue weighted by Crippen LogP contribution is -2.57. The topological polar surface area (TPSA) is 21.3 Å². The second-order valence-electron chi connectivity index (χ2n) is 7.49. The third kappa shape index (κ3) is 3.57. The first-order chi connectivity index (χ1) is 9.61. The van der Waals surface area contributed by atoms with E-state index in [-0.39, 0.29) is 5.60 Å². The fourth-order valence-electron chi connectivity index (χ4n) is 4.88. The van der Waals surface area contributed by atoms with E-state index >= 15 is 0 Å². The van der Waals surface area contributed by atoms with E-state index in [9.17, 15) is 0 Å². The normalized spacial score (nSPS) is 40.5. The first-order valence-corrected chi connectivity index (χ1v) is 8.92. The number of hydrogen-bond acceptors (Lipinski definition) is 2. The molecule has 2 nitrogen and oxygen atoms in total. The van der Waals surface area contributed by atoms with Crippen molar-refractivity contribution in [3.8, 4) is 0 Å². The van der Waals surface area contributed by atoms with Crippen LogP contribution in [0.5, 0.6) is 0 Å². The Hall–Kier alpha value is -0.0800. The van der Waals surface area contributed by atoms with Crippen LogP contribution in [0.1, 0.15) is 72.1 Å². The zero-order chi connectivity index (χ0) is 14.6. The first-order valence-electron chi connectivity index (χ1n) is 8.92. The van der Waals surface area contributed by atoms with Crippen LogP contribution < -0.4 is 5.32 Å². The number of rotatable bonds is 5.